The first kappa shape index (κ1) is 11.4. The zero-order valence-electron chi connectivity index (χ0n) is 8.86. The van der Waals surface area contributed by atoms with Crippen molar-refractivity contribution in [2.75, 3.05) is 11.9 Å². The number of alkyl halides is 1. The van der Waals surface area contributed by atoms with Crippen LogP contribution in [-0.4, -0.2) is 39.9 Å². The highest BCUT2D eigenvalue weighted by Crippen LogP contribution is 2.29. The second-order valence-electron chi connectivity index (χ2n) is 4.69. The zero-order valence-corrected chi connectivity index (χ0v) is 10.4. The van der Waals surface area contributed by atoms with Crippen molar-refractivity contribution in [3.8, 4) is 0 Å². The number of nitrogens with zero attached hydrogens (tertiary/aromatic N) is 1. The van der Waals surface area contributed by atoms with Crippen LogP contribution in [0.25, 0.3) is 0 Å². The first-order valence-electron chi connectivity index (χ1n) is 5.76. The van der Waals surface area contributed by atoms with Gasteiger partial charge in [-0.05, 0) is 18.8 Å². The van der Waals surface area contributed by atoms with E-state index < -0.39 is 0 Å². The van der Waals surface area contributed by atoms with Crippen LogP contribution in [-0.2, 0) is 4.79 Å². The fourth-order valence-electron chi connectivity index (χ4n) is 2.69. The number of aliphatic hydroxyl groups is 1. The van der Waals surface area contributed by atoms with Crippen LogP contribution in [0.1, 0.15) is 32.1 Å². The molecule has 1 aliphatic heterocycles. The van der Waals surface area contributed by atoms with Crippen molar-refractivity contribution in [3.63, 3.8) is 0 Å². The van der Waals surface area contributed by atoms with Gasteiger partial charge in [-0.1, -0.05) is 28.8 Å². The minimum absolute atomic E-state index is 0.0929. The number of likely N-dealkylation sites (tertiary alicyclic amines) is 1. The average molecular weight is 276 g/mol. The first-order chi connectivity index (χ1) is 7.22. The molecule has 1 saturated carbocycles. The molecule has 2 fully saturated rings. The van der Waals surface area contributed by atoms with Gasteiger partial charge in [0, 0.05) is 18.3 Å². The highest BCUT2D eigenvalue weighted by atomic mass is 79.9. The number of carbonyl (C=O) groups is 1. The molecule has 3 unspecified atom stereocenters. The summed E-state index contributed by atoms with van der Waals surface area (Å²) in [5.41, 5.74) is 0. The lowest BCUT2D eigenvalue weighted by atomic mass is 9.91. The summed E-state index contributed by atoms with van der Waals surface area (Å²) >= 11 is 3.43. The van der Waals surface area contributed by atoms with Gasteiger partial charge < -0.3 is 10.0 Å². The largest absolute Gasteiger partial charge is 0.391 e. The summed E-state index contributed by atoms with van der Waals surface area (Å²) in [6.07, 6.45) is 4.42. The van der Waals surface area contributed by atoms with E-state index in [0.717, 1.165) is 37.6 Å². The van der Waals surface area contributed by atoms with Gasteiger partial charge in [-0.25, -0.2) is 0 Å². The summed E-state index contributed by atoms with van der Waals surface area (Å²) in [6.45, 7) is 0.825. The van der Waals surface area contributed by atoms with Gasteiger partial charge in [-0.2, -0.15) is 0 Å². The van der Waals surface area contributed by atoms with E-state index in [0.29, 0.717) is 12.3 Å². The Kier molecular flexibility index (Phi) is 3.67. The van der Waals surface area contributed by atoms with Crippen LogP contribution in [0.4, 0.5) is 0 Å². The molecule has 86 valence electrons. The summed E-state index contributed by atoms with van der Waals surface area (Å²) in [5.74, 6) is 0.664. The summed E-state index contributed by atoms with van der Waals surface area (Å²) in [4.78, 5) is 13.7. The molecule has 3 atom stereocenters. The Morgan fingerprint density at radius 2 is 2.13 bits per heavy atom. The lowest BCUT2D eigenvalue weighted by Crippen LogP contribution is -2.46. The summed E-state index contributed by atoms with van der Waals surface area (Å²) in [5, 5.41) is 10.8. The molecule has 0 bridgehead atoms. The number of carbonyl (C=O) groups excluding carboxylic acids is 1. The quantitative estimate of drug-likeness (QED) is 0.777. The van der Waals surface area contributed by atoms with Crippen molar-refractivity contribution >= 4 is 21.8 Å². The molecule has 0 aromatic carbocycles. The SMILES string of the molecule is O=C1CC(CBr)CN1C1CCCCC1O. The van der Waals surface area contributed by atoms with Crippen molar-refractivity contribution in [2.24, 2.45) is 5.92 Å². The lowest BCUT2D eigenvalue weighted by Gasteiger charge is -2.35. The fourth-order valence-corrected chi connectivity index (χ4v) is 3.12. The van der Waals surface area contributed by atoms with E-state index in [1.54, 1.807) is 0 Å². The van der Waals surface area contributed by atoms with E-state index in [4.69, 9.17) is 0 Å². The normalized spacial score (nSPS) is 37.3. The summed E-state index contributed by atoms with van der Waals surface area (Å²) in [7, 11) is 0. The maximum absolute atomic E-state index is 11.8. The molecular formula is C11H18BrNO2. The Balaban J connectivity index is 2.00. The Labute approximate surface area is 99.0 Å². The molecule has 15 heavy (non-hydrogen) atoms. The Bertz CT molecular complexity index is 247. The van der Waals surface area contributed by atoms with Gasteiger partial charge in [-0.15, -0.1) is 0 Å². The topological polar surface area (TPSA) is 40.5 Å². The van der Waals surface area contributed by atoms with Crippen molar-refractivity contribution in [2.45, 2.75) is 44.2 Å². The fraction of sp³-hybridized carbons (Fsp3) is 0.909. The molecule has 0 aromatic heterocycles. The second kappa shape index (κ2) is 4.83. The van der Waals surface area contributed by atoms with E-state index in [1.807, 2.05) is 4.90 Å². The molecular weight excluding hydrogens is 258 g/mol. The van der Waals surface area contributed by atoms with E-state index in [1.165, 1.54) is 0 Å². The van der Waals surface area contributed by atoms with Crippen LogP contribution in [0, 0.1) is 5.92 Å². The van der Waals surface area contributed by atoms with Gasteiger partial charge in [-0.3, -0.25) is 4.79 Å². The highest BCUT2D eigenvalue weighted by molar-refractivity contribution is 9.09. The van der Waals surface area contributed by atoms with Gasteiger partial charge in [0.25, 0.3) is 0 Å². The van der Waals surface area contributed by atoms with Crippen molar-refractivity contribution in [1.82, 2.24) is 4.90 Å². The van der Waals surface area contributed by atoms with Crippen molar-refractivity contribution < 1.29 is 9.90 Å². The molecule has 0 radical (unpaired) electrons. The molecule has 0 aromatic rings. The van der Waals surface area contributed by atoms with E-state index in [9.17, 15) is 9.90 Å². The Morgan fingerprint density at radius 3 is 2.73 bits per heavy atom. The molecule has 1 amide bonds. The van der Waals surface area contributed by atoms with Gasteiger partial charge in [0.15, 0.2) is 0 Å². The number of aliphatic hydroxyl groups excluding tert-OH is 1. The van der Waals surface area contributed by atoms with Gasteiger partial charge in [0.2, 0.25) is 5.91 Å². The number of rotatable bonds is 2. The monoisotopic (exact) mass is 275 g/mol. The third kappa shape index (κ3) is 2.36. The molecule has 2 rings (SSSR count). The molecule has 2 aliphatic rings. The van der Waals surface area contributed by atoms with E-state index >= 15 is 0 Å². The van der Waals surface area contributed by atoms with Crippen molar-refractivity contribution in [3.05, 3.63) is 0 Å². The van der Waals surface area contributed by atoms with Crippen LogP contribution < -0.4 is 0 Å². The van der Waals surface area contributed by atoms with Crippen LogP contribution >= 0.6 is 15.9 Å². The molecule has 1 N–H and O–H groups in total. The summed E-state index contributed by atoms with van der Waals surface area (Å²) < 4.78 is 0. The first-order valence-corrected chi connectivity index (χ1v) is 6.88. The third-order valence-electron chi connectivity index (χ3n) is 3.55. The number of hydrogen-bond donors (Lipinski definition) is 1. The van der Waals surface area contributed by atoms with Crippen LogP contribution in [0.15, 0.2) is 0 Å². The predicted molar refractivity (Wildman–Crippen MR) is 61.9 cm³/mol. The molecule has 0 spiro atoms. The Hall–Kier alpha value is -0.0900. The van der Waals surface area contributed by atoms with E-state index in [2.05, 4.69) is 15.9 Å². The highest BCUT2D eigenvalue weighted by Gasteiger charge is 2.37. The summed E-state index contributed by atoms with van der Waals surface area (Å²) in [6, 6.07) is 0.0929. The van der Waals surface area contributed by atoms with Crippen LogP contribution in [0.2, 0.25) is 0 Å². The number of amides is 1. The lowest BCUT2D eigenvalue weighted by molar-refractivity contribution is -0.133. The number of halogens is 1. The molecule has 3 nitrogen and oxygen atoms in total. The zero-order chi connectivity index (χ0) is 10.8. The van der Waals surface area contributed by atoms with Crippen LogP contribution in [0.3, 0.4) is 0 Å². The maximum Gasteiger partial charge on any atom is 0.223 e. The average Bonchev–Trinajstić information content (AvgIpc) is 2.60. The third-order valence-corrected chi connectivity index (χ3v) is 4.47. The smallest absolute Gasteiger partial charge is 0.223 e. The Morgan fingerprint density at radius 1 is 1.40 bits per heavy atom. The van der Waals surface area contributed by atoms with Crippen molar-refractivity contribution in [1.29, 1.82) is 0 Å². The van der Waals surface area contributed by atoms with Gasteiger partial charge >= 0.3 is 0 Å². The van der Waals surface area contributed by atoms with Gasteiger partial charge in [0.05, 0.1) is 12.1 Å². The molecule has 1 heterocycles. The molecule has 1 saturated heterocycles. The number of hydrogen-bond acceptors (Lipinski definition) is 2. The van der Waals surface area contributed by atoms with Crippen LogP contribution in [0.5, 0.6) is 0 Å². The minimum Gasteiger partial charge on any atom is -0.391 e. The van der Waals surface area contributed by atoms with Gasteiger partial charge in [0.1, 0.15) is 0 Å². The standard InChI is InChI=1S/C11H18BrNO2/c12-6-8-5-11(15)13(7-8)9-3-1-2-4-10(9)14/h8-10,14H,1-7H2. The predicted octanol–water partition coefficient (Wildman–Crippen LogP) is 1.53. The minimum atomic E-state index is -0.295. The maximum atomic E-state index is 11.8. The van der Waals surface area contributed by atoms with E-state index in [-0.39, 0.29) is 18.1 Å². The second-order valence-corrected chi connectivity index (χ2v) is 5.34. The molecule has 1 aliphatic carbocycles. The molecule has 4 heteroatoms.